The van der Waals surface area contributed by atoms with Crippen LogP contribution in [-0.2, 0) is 6.54 Å². The standard InChI is InChI=1S/C22H34N6/c1-19(20-10-4-3-5-11-20)27-22(12-6-7-13-22)18-25-21(23-2)24-14-8-16-28-17-9-15-26-28/h3-5,9-11,15,17,19,27H,6-8,12-14,16,18H2,1-2H3,(H2,23,24,25). The highest BCUT2D eigenvalue weighted by Gasteiger charge is 2.35. The van der Waals surface area contributed by atoms with Crippen LogP contribution in [0.3, 0.4) is 0 Å². The number of hydrogen-bond donors (Lipinski definition) is 3. The lowest BCUT2D eigenvalue weighted by molar-refractivity contribution is 0.297. The highest BCUT2D eigenvalue weighted by Crippen LogP contribution is 2.31. The molecule has 6 heteroatoms. The molecular formula is C22H34N6. The molecule has 1 aromatic heterocycles. The maximum absolute atomic E-state index is 4.40. The largest absolute Gasteiger partial charge is 0.356 e. The molecule has 1 aliphatic carbocycles. The predicted molar refractivity (Wildman–Crippen MR) is 115 cm³/mol. The Morgan fingerprint density at radius 3 is 2.64 bits per heavy atom. The van der Waals surface area contributed by atoms with Crippen molar-refractivity contribution in [2.45, 2.75) is 57.2 Å². The quantitative estimate of drug-likeness (QED) is 0.354. The van der Waals surface area contributed by atoms with E-state index in [0.717, 1.165) is 32.0 Å². The van der Waals surface area contributed by atoms with Crippen molar-refractivity contribution in [3.8, 4) is 0 Å². The van der Waals surface area contributed by atoms with Gasteiger partial charge in [-0.1, -0.05) is 43.2 Å². The number of aryl methyl sites for hydroxylation is 1. The lowest BCUT2D eigenvalue weighted by Gasteiger charge is -2.35. The number of benzene rings is 1. The first-order valence-electron chi connectivity index (χ1n) is 10.5. The van der Waals surface area contributed by atoms with Gasteiger partial charge in [0.25, 0.3) is 0 Å². The van der Waals surface area contributed by atoms with Gasteiger partial charge in [-0.3, -0.25) is 9.67 Å². The van der Waals surface area contributed by atoms with Gasteiger partial charge in [0.05, 0.1) is 0 Å². The zero-order chi connectivity index (χ0) is 19.7. The highest BCUT2D eigenvalue weighted by atomic mass is 15.3. The van der Waals surface area contributed by atoms with E-state index in [1.54, 1.807) is 0 Å². The highest BCUT2D eigenvalue weighted by molar-refractivity contribution is 5.79. The molecule has 28 heavy (non-hydrogen) atoms. The van der Waals surface area contributed by atoms with E-state index in [1.165, 1.54) is 31.2 Å². The SMILES string of the molecule is CN=C(NCCCn1cccn1)NCC1(NC(C)c2ccccc2)CCCC1. The van der Waals surface area contributed by atoms with Gasteiger partial charge in [0.1, 0.15) is 0 Å². The Morgan fingerprint density at radius 1 is 1.18 bits per heavy atom. The second-order valence-electron chi connectivity index (χ2n) is 7.74. The molecule has 152 valence electrons. The van der Waals surface area contributed by atoms with E-state index in [4.69, 9.17) is 0 Å². The summed E-state index contributed by atoms with van der Waals surface area (Å²) in [6.07, 6.45) is 9.80. The number of guanidine groups is 1. The molecule has 1 heterocycles. The summed E-state index contributed by atoms with van der Waals surface area (Å²) in [6.45, 7) is 4.94. The number of rotatable bonds is 9. The Labute approximate surface area is 168 Å². The molecule has 1 unspecified atom stereocenters. The van der Waals surface area contributed by atoms with Crippen LogP contribution in [0.1, 0.15) is 50.6 Å². The van der Waals surface area contributed by atoms with Gasteiger partial charge in [0.15, 0.2) is 5.96 Å². The summed E-state index contributed by atoms with van der Waals surface area (Å²) in [5.74, 6) is 0.876. The summed E-state index contributed by atoms with van der Waals surface area (Å²) >= 11 is 0. The summed E-state index contributed by atoms with van der Waals surface area (Å²) in [4.78, 5) is 4.40. The van der Waals surface area contributed by atoms with Crippen molar-refractivity contribution < 1.29 is 0 Å². The van der Waals surface area contributed by atoms with Crippen LogP contribution in [0.2, 0.25) is 0 Å². The van der Waals surface area contributed by atoms with Crippen LogP contribution in [0.25, 0.3) is 0 Å². The molecule has 0 bridgehead atoms. The van der Waals surface area contributed by atoms with Crippen LogP contribution in [-0.4, -0.2) is 41.4 Å². The van der Waals surface area contributed by atoms with Gasteiger partial charge in [0, 0.05) is 50.7 Å². The first kappa shape index (κ1) is 20.4. The van der Waals surface area contributed by atoms with Crippen molar-refractivity contribution in [3.05, 3.63) is 54.4 Å². The Hall–Kier alpha value is -2.34. The Morgan fingerprint density at radius 2 is 1.96 bits per heavy atom. The first-order valence-corrected chi connectivity index (χ1v) is 10.5. The maximum atomic E-state index is 4.40. The number of aliphatic imine (C=N–C) groups is 1. The molecule has 1 atom stereocenters. The summed E-state index contributed by atoms with van der Waals surface area (Å²) in [6, 6.07) is 13.0. The molecule has 1 aromatic carbocycles. The maximum Gasteiger partial charge on any atom is 0.191 e. The molecule has 3 N–H and O–H groups in total. The normalized spacial score (nSPS) is 17.4. The molecule has 0 spiro atoms. The second kappa shape index (κ2) is 10.3. The second-order valence-corrected chi connectivity index (χ2v) is 7.74. The monoisotopic (exact) mass is 382 g/mol. The first-order chi connectivity index (χ1) is 13.7. The number of hydrogen-bond acceptors (Lipinski definition) is 3. The van der Waals surface area contributed by atoms with Crippen LogP contribution in [0.4, 0.5) is 0 Å². The fourth-order valence-electron chi connectivity index (χ4n) is 4.06. The molecule has 2 aromatic rings. The molecule has 0 aliphatic heterocycles. The van der Waals surface area contributed by atoms with Gasteiger partial charge in [-0.15, -0.1) is 0 Å². The Kier molecular flexibility index (Phi) is 7.48. The van der Waals surface area contributed by atoms with E-state index in [-0.39, 0.29) is 5.54 Å². The lowest BCUT2D eigenvalue weighted by Crippen LogP contribution is -2.54. The molecule has 0 radical (unpaired) electrons. The van der Waals surface area contributed by atoms with Gasteiger partial charge in [-0.25, -0.2) is 0 Å². The minimum Gasteiger partial charge on any atom is -0.356 e. The summed E-state index contributed by atoms with van der Waals surface area (Å²) in [7, 11) is 1.84. The fraction of sp³-hybridized carbons (Fsp3) is 0.545. The summed E-state index contributed by atoms with van der Waals surface area (Å²) in [5.41, 5.74) is 1.47. The van der Waals surface area contributed by atoms with Crippen molar-refractivity contribution >= 4 is 5.96 Å². The minimum absolute atomic E-state index is 0.127. The number of aromatic nitrogens is 2. The number of nitrogens with one attached hydrogen (secondary N) is 3. The zero-order valence-electron chi connectivity index (χ0n) is 17.2. The summed E-state index contributed by atoms with van der Waals surface area (Å²) < 4.78 is 1.96. The fourth-order valence-corrected chi connectivity index (χ4v) is 4.06. The third-order valence-corrected chi connectivity index (χ3v) is 5.62. The van der Waals surface area contributed by atoms with Crippen LogP contribution in [0, 0.1) is 0 Å². The third-order valence-electron chi connectivity index (χ3n) is 5.62. The van der Waals surface area contributed by atoms with Crippen LogP contribution >= 0.6 is 0 Å². The average molecular weight is 383 g/mol. The van der Waals surface area contributed by atoms with Gasteiger partial charge < -0.3 is 16.0 Å². The Bertz CT molecular complexity index is 704. The van der Waals surface area contributed by atoms with E-state index >= 15 is 0 Å². The molecule has 3 rings (SSSR count). The smallest absolute Gasteiger partial charge is 0.191 e. The van der Waals surface area contributed by atoms with Gasteiger partial charge in [0.2, 0.25) is 0 Å². The lowest BCUT2D eigenvalue weighted by atomic mass is 9.94. The van der Waals surface area contributed by atoms with Crippen molar-refractivity contribution in [2.24, 2.45) is 4.99 Å². The van der Waals surface area contributed by atoms with Gasteiger partial charge >= 0.3 is 0 Å². The van der Waals surface area contributed by atoms with Crippen molar-refractivity contribution in [1.29, 1.82) is 0 Å². The average Bonchev–Trinajstić information content (AvgIpc) is 3.41. The predicted octanol–water partition coefficient (Wildman–Crippen LogP) is 3.10. The van der Waals surface area contributed by atoms with Crippen LogP contribution in [0.5, 0.6) is 0 Å². The van der Waals surface area contributed by atoms with E-state index in [9.17, 15) is 0 Å². The van der Waals surface area contributed by atoms with E-state index in [1.807, 2.05) is 30.2 Å². The molecule has 0 saturated heterocycles. The topological polar surface area (TPSA) is 66.3 Å². The number of nitrogens with zero attached hydrogens (tertiary/aromatic N) is 3. The van der Waals surface area contributed by atoms with Crippen molar-refractivity contribution in [1.82, 2.24) is 25.7 Å². The van der Waals surface area contributed by atoms with Crippen molar-refractivity contribution in [3.63, 3.8) is 0 Å². The molecule has 1 aliphatic rings. The van der Waals surface area contributed by atoms with Crippen molar-refractivity contribution in [2.75, 3.05) is 20.1 Å². The molecule has 0 amide bonds. The van der Waals surface area contributed by atoms with E-state index in [0.29, 0.717) is 6.04 Å². The molecular weight excluding hydrogens is 348 g/mol. The van der Waals surface area contributed by atoms with Gasteiger partial charge in [-0.2, -0.15) is 5.10 Å². The van der Waals surface area contributed by atoms with Crippen LogP contribution in [0.15, 0.2) is 53.8 Å². The minimum atomic E-state index is 0.127. The Balaban J connectivity index is 1.47. The van der Waals surface area contributed by atoms with Crippen LogP contribution < -0.4 is 16.0 Å². The van der Waals surface area contributed by atoms with E-state index < -0.39 is 0 Å². The zero-order valence-corrected chi connectivity index (χ0v) is 17.2. The van der Waals surface area contributed by atoms with Gasteiger partial charge in [-0.05, 0) is 37.8 Å². The third kappa shape index (κ3) is 5.83. The molecule has 1 fully saturated rings. The van der Waals surface area contributed by atoms with E-state index in [2.05, 4.69) is 63.3 Å². The molecule has 6 nitrogen and oxygen atoms in total. The summed E-state index contributed by atoms with van der Waals surface area (Å²) in [5, 5.41) is 15.1. The molecule has 1 saturated carbocycles.